The van der Waals surface area contributed by atoms with Gasteiger partial charge in [0.1, 0.15) is 5.82 Å². The second-order valence-electron chi connectivity index (χ2n) is 3.22. The summed E-state index contributed by atoms with van der Waals surface area (Å²) in [6.45, 7) is 0.0466. The highest BCUT2D eigenvalue weighted by Gasteiger charge is 2.09. The molecule has 0 amide bonds. The van der Waals surface area contributed by atoms with Crippen molar-refractivity contribution in [3.63, 3.8) is 0 Å². The van der Waals surface area contributed by atoms with Gasteiger partial charge in [0.05, 0.1) is 10.7 Å². The number of hydrogen-bond acceptors (Lipinski definition) is 3. The molecule has 0 aliphatic rings. The van der Waals surface area contributed by atoms with E-state index in [1.54, 1.807) is 11.4 Å². The van der Waals surface area contributed by atoms with Crippen LogP contribution in [0.2, 0.25) is 5.02 Å². The molecule has 5 heteroatoms. The SMILES string of the molecule is OCCc1nc(-c2cc(Cl)ccc2F)cs1. The van der Waals surface area contributed by atoms with Crippen molar-refractivity contribution in [1.82, 2.24) is 4.98 Å². The van der Waals surface area contributed by atoms with Crippen LogP contribution in [0, 0.1) is 5.82 Å². The molecule has 2 rings (SSSR count). The van der Waals surface area contributed by atoms with Gasteiger partial charge in [0.25, 0.3) is 0 Å². The largest absolute Gasteiger partial charge is 0.396 e. The van der Waals surface area contributed by atoms with Gasteiger partial charge in [-0.05, 0) is 18.2 Å². The van der Waals surface area contributed by atoms with Gasteiger partial charge in [0.2, 0.25) is 0 Å². The Morgan fingerprint density at radius 2 is 2.25 bits per heavy atom. The maximum absolute atomic E-state index is 13.5. The second-order valence-corrected chi connectivity index (χ2v) is 4.60. The summed E-state index contributed by atoms with van der Waals surface area (Å²) in [4.78, 5) is 4.23. The minimum absolute atomic E-state index is 0.0466. The summed E-state index contributed by atoms with van der Waals surface area (Å²) in [5.74, 6) is -0.342. The smallest absolute Gasteiger partial charge is 0.132 e. The van der Waals surface area contributed by atoms with Gasteiger partial charge in [-0.3, -0.25) is 0 Å². The Labute approximate surface area is 101 Å². The molecule has 1 aromatic carbocycles. The molecule has 0 saturated heterocycles. The van der Waals surface area contributed by atoms with E-state index < -0.39 is 0 Å². The molecule has 0 aliphatic heterocycles. The molecule has 0 radical (unpaired) electrons. The van der Waals surface area contributed by atoms with Gasteiger partial charge in [-0.2, -0.15) is 0 Å². The molecule has 1 heterocycles. The summed E-state index contributed by atoms with van der Waals surface area (Å²) in [7, 11) is 0. The van der Waals surface area contributed by atoms with E-state index in [1.807, 2.05) is 0 Å². The van der Waals surface area contributed by atoms with E-state index in [0.29, 0.717) is 22.7 Å². The summed E-state index contributed by atoms with van der Waals surface area (Å²) in [5, 5.41) is 11.8. The lowest BCUT2D eigenvalue weighted by Crippen LogP contribution is -1.90. The zero-order valence-electron chi connectivity index (χ0n) is 8.28. The van der Waals surface area contributed by atoms with E-state index in [-0.39, 0.29) is 12.4 Å². The predicted molar refractivity (Wildman–Crippen MR) is 63.3 cm³/mol. The standard InChI is InChI=1S/C11H9ClFNOS/c12-7-1-2-9(13)8(5-7)10-6-16-11(14-10)3-4-15/h1-2,5-6,15H,3-4H2. The van der Waals surface area contributed by atoms with Gasteiger partial charge in [-0.1, -0.05) is 11.6 Å². The third-order valence-electron chi connectivity index (χ3n) is 2.08. The maximum atomic E-state index is 13.5. The summed E-state index contributed by atoms with van der Waals surface area (Å²) in [6, 6.07) is 4.37. The molecule has 84 valence electrons. The lowest BCUT2D eigenvalue weighted by molar-refractivity contribution is 0.299. The Balaban J connectivity index is 2.38. The van der Waals surface area contributed by atoms with E-state index in [0.717, 1.165) is 5.01 Å². The molecule has 0 bridgehead atoms. The van der Waals surface area contributed by atoms with E-state index >= 15 is 0 Å². The molecular formula is C11H9ClFNOS. The van der Waals surface area contributed by atoms with Gasteiger partial charge < -0.3 is 5.11 Å². The molecule has 0 atom stereocenters. The molecule has 0 spiro atoms. The van der Waals surface area contributed by atoms with Crippen molar-refractivity contribution in [1.29, 1.82) is 0 Å². The average Bonchev–Trinajstić information content (AvgIpc) is 2.71. The summed E-state index contributed by atoms with van der Waals surface area (Å²) < 4.78 is 13.5. The Kier molecular flexibility index (Phi) is 3.53. The molecule has 1 aromatic heterocycles. The maximum Gasteiger partial charge on any atom is 0.132 e. The number of halogens is 2. The fourth-order valence-electron chi connectivity index (χ4n) is 1.34. The molecule has 0 fully saturated rings. The first kappa shape index (κ1) is 11.5. The van der Waals surface area contributed by atoms with Crippen molar-refractivity contribution in [3.05, 3.63) is 39.4 Å². The molecule has 0 unspecified atom stereocenters. The van der Waals surface area contributed by atoms with Gasteiger partial charge in [-0.25, -0.2) is 9.37 Å². The highest BCUT2D eigenvalue weighted by Crippen LogP contribution is 2.27. The zero-order valence-corrected chi connectivity index (χ0v) is 9.85. The predicted octanol–water partition coefficient (Wildman–Crippen LogP) is 3.14. The lowest BCUT2D eigenvalue weighted by Gasteiger charge is -1.99. The van der Waals surface area contributed by atoms with Crippen LogP contribution in [0.15, 0.2) is 23.6 Å². The normalized spacial score (nSPS) is 10.7. The van der Waals surface area contributed by atoms with Crippen molar-refractivity contribution in [3.8, 4) is 11.3 Å². The number of rotatable bonds is 3. The number of aliphatic hydroxyl groups excluding tert-OH is 1. The van der Waals surface area contributed by atoms with Crippen LogP contribution < -0.4 is 0 Å². The number of benzene rings is 1. The van der Waals surface area contributed by atoms with Crippen LogP contribution in [-0.2, 0) is 6.42 Å². The Hall–Kier alpha value is -0.970. The summed E-state index contributed by atoms with van der Waals surface area (Å²) in [6.07, 6.45) is 0.493. The zero-order chi connectivity index (χ0) is 11.5. The lowest BCUT2D eigenvalue weighted by atomic mass is 10.1. The van der Waals surface area contributed by atoms with Crippen molar-refractivity contribution < 1.29 is 9.50 Å². The van der Waals surface area contributed by atoms with Gasteiger partial charge in [0.15, 0.2) is 0 Å². The third-order valence-corrected chi connectivity index (χ3v) is 3.23. The van der Waals surface area contributed by atoms with Crippen LogP contribution in [0.25, 0.3) is 11.3 Å². The van der Waals surface area contributed by atoms with E-state index in [9.17, 15) is 4.39 Å². The molecule has 2 nitrogen and oxygen atoms in total. The van der Waals surface area contributed by atoms with Crippen molar-refractivity contribution in [2.24, 2.45) is 0 Å². The average molecular weight is 258 g/mol. The number of thiazole rings is 1. The second kappa shape index (κ2) is 4.91. The van der Waals surface area contributed by atoms with Gasteiger partial charge >= 0.3 is 0 Å². The molecular weight excluding hydrogens is 249 g/mol. The van der Waals surface area contributed by atoms with Gasteiger partial charge in [0, 0.05) is 29.0 Å². The number of hydrogen-bond donors (Lipinski definition) is 1. The Bertz CT molecular complexity index is 500. The summed E-state index contributed by atoms with van der Waals surface area (Å²) >= 11 is 7.21. The topological polar surface area (TPSA) is 33.1 Å². The fourth-order valence-corrected chi connectivity index (χ4v) is 2.30. The van der Waals surface area contributed by atoms with Crippen LogP contribution in [0.5, 0.6) is 0 Å². The molecule has 0 saturated carbocycles. The molecule has 1 N–H and O–H groups in total. The minimum atomic E-state index is -0.342. The van der Waals surface area contributed by atoms with Crippen molar-refractivity contribution >= 4 is 22.9 Å². The first-order valence-electron chi connectivity index (χ1n) is 4.71. The Morgan fingerprint density at radius 1 is 1.44 bits per heavy atom. The van der Waals surface area contributed by atoms with E-state index in [4.69, 9.17) is 16.7 Å². The first-order chi connectivity index (χ1) is 7.70. The molecule has 0 aliphatic carbocycles. The van der Waals surface area contributed by atoms with Crippen molar-refractivity contribution in [2.45, 2.75) is 6.42 Å². The van der Waals surface area contributed by atoms with Crippen LogP contribution >= 0.6 is 22.9 Å². The monoisotopic (exact) mass is 257 g/mol. The van der Waals surface area contributed by atoms with Crippen molar-refractivity contribution in [2.75, 3.05) is 6.61 Å². The highest BCUT2D eigenvalue weighted by atomic mass is 35.5. The van der Waals surface area contributed by atoms with Crippen LogP contribution in [0.4, 0.5) is 4.39 Å². The van der Waals surface area contributed by atoms with Gasteiger partial charge in [-0.15, -0.1) is 11.3 Å². The molecule has 2 aromatic rings. The fraction of sp³-hybridized carbons (Fsp3) is 0.182. The van der Waals surface area contributed by atoms with Crippen LogP contribution in [0.3, 0.4) is 0 Å². The van der Waals surface area contributed by atoms with Crippen LogP contribution in [0.1, 0.15) is 5.01 Å². The third kappa shape index (κ3) is 2.40. The molecule has 16 heavy (non-hydrogen) atoms. The number of nitrogens with zero attached hydrogens (tertiary/aromatic N) is 1. The Morgan fingerprint density at radius 3 is 3.00 bits per heavy atom. The highest BCUT2D eigenvalue weighted by molar-refractivity contribution is 7.09. The van der Waals surface area contributed by atoms with Crippen LogP contribution in [-0.4, -0.2) is 16.7 Å². The van der Waals surface area contributed by atoms with E-state index in [2.05, 4.69) is 4.98 Å². The minimum Gasteiger partial charge on any atom is -0.396 e. The number of aliphatic hydroxyl groups is 1. The summed E-state index contributed by atoms with van der Waals surface area (Å²) in [5.41, 5.74) is 0.960. The number of aromatic nitrogens is 1. The van der Waals surface area contributed by atoms with E-state index in [1.165, 1.54) is 23.5 Å². The first-order valence-corrected chi connectivity index (χ1v) is 5.97. The quantitative estimate of drug-likeness (QED) is 0.916.